The van der Waals surface area contributed by atoms with Gasteiger partial charge in [0.1, 0.15) is 0 Å². The van der Waals surface area contributed by atoms with Crippen LogP contribution >= 0.6 is 0 Å². The summed E-state index contributed by atoms with van der Waals surface area (Å²) in [7, 11) is 1.73. The fourth-order valence-electron chi connectivity index (χ4n) is 3.16. The van der Waals surface area contributed by atoms with Crippen molar-refractivity contribution in [3.8, 4) is 0 Å². The first-order valence-electron chi connectivity index (χ1n) is 7.65. The Bertz CT molecular complexity index is 593. The van der Waals surface area contributed by atoms with E-state index in [1.165, 1.54) is 24.0 Å². The summed E-state index contributed by atoms with van der Waals surface area (Å²) in [5.41, 5.74) is 2.88. The zero-order chi connectivity index (χ0) is 14.7. The summed E-state index contributed by atoms with van der Waals surface area (Å²) in [5.74, 6) is 0.932. The maximum Gasteiger partial charge on any atom is 0.203 e. The lowest BCUT2D eigenvalue weighted by Gasteiger charge is -2.27. The molecule has 2 aromatic rings. The Morgan fingerprint density at radius 2 is 2.29 bits per heavy atom. The predicted octanol–water partition coefficient (Wildman–Crippen LogP) is 3.58. The molecule has 2 atom stereocenters. The van der Waals surface area contributed by atoms with Crippen LogP contribution in [0.25, 0.3) is 0 Å². The molecule has 1 aromatic carbocycles. The molecule has 0 spiro atoms. The Labute approximate surface area is 126 Å². The van der Waals surface area contributed by atoms with Crippen molar-refractivity contribution in [1.29, 1.82) is 0 Å². The number of methoxy groups -OCH3 is 1. The van der Waals surface area contributed by atoms with Crippen LogP contribution in [0.2, 0.25) is 0 Å². The molecule has 21 heavy (non-hydrogen) atoms. The Morgan fingerprint density at radius 3 is 3.14 bits per heavy atom. The molecule has 0 saturated heterocycles. The van der Waals surface area contributed by atoms with Crippen molar-refractivity contribution < 1.29 is 4.74 Å². The Kier molecular flexibility index (Phi) is 4.25. The second-order valence-electron chi connectivity index (χ2n) is 5.75. The molecule has 4 heteroatoms. The average molecular weight is 285 g/mol. The summed E-state index contributed by atoms with van der Waals surface area (Å²) in [6, 6.07) is 9.35. The van der Waals surface area contributed by atoms with Crippen molar-refractivity contribution in [2.45, 2.75) is 38.3 Å². The van der Waals surface area contributed by atoms with E-state index >= 15 is 0 Å². The van der Waals surface area contributed by atoms with Gasteiger partial charge in [-0.1, -0.05) is 24.3 Å². The topological polar surface area (TPSA) is 39.1 Å². The SMILES string of the molecule is COCC(C)n1ccnc1NC1CCCc2ccccc21. The van der Waals surface area contributed by atoms with Crippen LogP contribution in [0.5, 0.6) is 0 Å². The van der Waals surface area contributed by atoms with Crippen molar-refractivity contribution in [2.24, 2.45) is 0 Å². The van der Waals surface area contributed by atoms with Gasteiger partial charge in [-0.05, 0) is 37.3 Å². The monoisotopic (exact) mass is 285 g/mol. The molecular formula is C17H23N3O. The number of hydrogen-bond donors (Lipinski definition) is 1. The second kappa shape index (κ2) is 6.31. The summed E-state index contributed by atoms with van der Waals surface area (Å²) >= 11 is 0. The number of nitrogens with zero attached hydrogens (tertiary/aromatic N) is 2. The smallest absolute Gasteiger partial charge is 0.203 e. The van der Waals surface area contributed by atoms with Crippen LogP contribution in [-0.4, -0.2) is 23.3 Å². The molecular weight excluding hydrogens is 262 g/mol. The third-order valence-electron chi connectivity index (χ3n) is 4.22. The maximum atomic E-state index is 5.25. The van der Waals surface area contributed by atoms with E-state index in [4.69, 9.17) is 4.74 Å². The van der Waals surface area contributed by atoms with Gasteiger partial charge in [0.25, 0.3) is 0 Å². The fraction of sp³-hybridized carbons (Fsp3) is 0.471. The van der Waals surface area contributed by atoms with Gasteiger partial charge in [0.2, 0.25) is 5.95 Å². The molecule has 3 rings (SSSR count). The number of ether oxygens (including phenoxy) is 1. The zero-order valence-corrected chi connectivity index (χ0v) is 12.7. The van der Waals surface area contributed by atoms with E-state index in [9.17, 15) is 0 Å². The first kappa shape index (κ1) is 14.1. The van der Waals surface area contributed by atoms with Gasteiger partial charge in [0, 0.05) is 19.5 Å². The largest absolute Gasteiger partial charge is 0.383 e. The minimum absolute atomic E-state index is 0.277. The van der Waals surface area contributed by atoms with Crippen LogP contribution in [-0.2, 0) is 11.2 Å². The number of hydrogen-bond acceptors (Lipinski definition) is 3. The Hall–Kier alpha value is -1.81. The molecule has 1 aliphatic carbocycles. The van der Waals surface area contributed by atoms with Gasteiger partial charge in [-0.15, -0.1) is 0 Å². The van der Waals surface area contributed by atoms with Crippen LogP contribution in [0.4, 0.5) is 5.95 Å². The first-order chi connectivity index (χ1) is 10.3. The van der Waals surface area contributed by atoms with Gasteiger partial charge in [-0.3, -0.25) is 0 Å². The number of benzene rings is 1. The zero-order valence-electron chi connectivity index (χ0n) is 12.7. The Morgan fingerprint density at radius 1 is 1.43 bits per heavy atom. The lowest BCUT2D eigenvalue weighted by Crippen LogP contribution is -2.21. The molecule has 0 bridgehead atoms. The second-order valence-corrected chi connectivity index (χ2v) is 5.75. The number of fused-ring (bicyclic) bond motifs is 1. The molecule has 1 aromatic heterocycles. The van der Waals surface area contributed by atoms with Gasteiger partial charge in [-0.2, -0.15) is 0 Å². The highest BCUT2D eigenvalue weighted by molar-refractivity contribution is 5.39. The summed E-state index contributed by atoms with van der Waals surface area (Å²) in [5, 5.41) is 3.62. The van der Waals surface area contributed by atoms with Crippen LogP contribution in [0.15, 0.2) is 36.7 Å². The van der Waals surface area contributed by atoms with E-state index < -0.39 is 0 Å². The van der Waals surface area contributed by atoms with Gasteiger partial charge >= 0.3 is 0 Å². The van der Waals surface area contributed by atoms with Gasteiger partial charge in [-0.25, -0.2) is 4.98 Å². The molecule has 1 aliphatic rings. The number of nitrogens with one attached hydrogen (secondary N) is 1. The van der Waals surface area contributed by atoms with Gasteiger partial charge in [0.05, 0.1) is 18.7 Å². The molecule has 4 nitrogen and oxygen atoms in total. The lowest BCUT2D eigenvalue weighted by atomic mass is 9.88. The third-order valence-corrected chi connectivity index (χ3v) is 4.22. The summed E-state index contributed by atoms with van der Waals surface area (Å²) in [4.78, 5) is 4.48. The van der Waals surface area contributed by atoms with Crippen molar-refractivity contribution >= 4 is 5.95 Å². The number of aryl methyl sites for hydroxylation is 1. The van der Waals surface area contributed by atoms with E-state index in [1.807, 2.05) is 12.4 Å². The molecule has 0 fully saturated rings. The van der Waals surface area contributed by atoms with Gasteiger partial charge in [0.15, 0.2) is 0 Å². The minimum Gasteiger partial charge on any atom is -0.383 e. The molecule has 2 unspecified atom stereocenters. The summed E-state index contributed by atoms with van der Waals surface area (Å²) < 4.78 is 7.41. The molecule has 0 amide bonds. The number of imidazole rings is 1. The minimum atomic E-state index is 0.277. The van der Waals surface area contributed by atoms with E-state index in [1.54, 1.807) is 7.11 Å². The quantitative estimate of drug-likeness (QED) is 0.912. The highest BCUT2D eigenvalue weighted by Crippen LogP contribution is 2.32. The van der Waals surface area contributed by atoms with Gasteiger partial charge < -0.3 is 14.6 Å². The Balaban J connectivity index is 1.81. The maximum absolute atomic E-state index is 5.25. The normalized spacial score (nSPS) is 19.0. The summed E-state index contributed by atoms with van der Waals surface area (Å²) in [6.45, 7) is 2.83. The molecule has 0 radical (unpaired) electrons. The van der Waals surface area contributed by atoms with Crippen molar-refractivity contribution in [3.63, 3.8) is 0 Å². The van der Waals surface area contributed by atoms with Crippen molar-refractivity contribution in [2.75, 3.05) is 19.0 Å². The third kappa shape index (κ3) is 2.95. The van der Waals surface area contributed by atoms with E-state index in [-0.39, 0.29) is 6.04 Å². The lowest BCUT2D eigenvalue weighted by molar-refractivity contribution is 0.163. The van der Waals surface area contributed by atoms with Crippen molar-refractivity contribution in [1.82, 2.24) is 9.55 Å². The molecule has 112 valence electrons. The first-order valence-corrected chi connectivity index (χ1v) is 7.65. The number of anilines is 1. The van der Waals surface area contributed by atoms with E-state index in [2.05, 4.69) is 46.1 Å². The van der Waals surface area contributed by atoms with E-state index in [0.717, 1.165) is 12.4 Å². The molecule has 1 N–H and O–H groups in total. The summed E-state index contributed by atoms with van der Waals surface area (Å²) in [6.07, 6.45) is 7.43. The van der Waals surface area contributed by atoms with Crippen LogP contribution < -0.4 is 5.32 Å². The van der Waals surface area contributed by atoms with E-state index in [0.29, 0.717) is 12.6 Å². The predicted molar refractivity (Wildman–Crippen MR) is 84.6 cm³/mol. The molecule has 1 heterocycles. The van der Waals surface area contributed by atoms with Crippen LogP contribution in [0.1, 0.15) is 43.0 Å². The molecule has 0 aliphatic heterocycles. The van der Waals surface area contributed by atoms with Crippen LogP contribution in [0, 0.1) is 0 Å². The van der Waals surface area contributed by atoms with Crippen LogP contribution in [0.3, 0.4) is 0 Å². The standard InChI is InChI=1S/C17H23N3O/c1-13(12-21-2)20-11-10-18-17(20)19-16-9-5-7-14-6-3-4-8-15(14)16/h3-4,6,8,10-11,13,16H,5,7,9,12H2,1-2H3,(H,18,19). The number of rotatable bonds is 5. The molecule has 0 saturated carbocycles. The van der Waals surface area contributed by atoms with Crippen molar-refractivity contribution in [3.05, 3.63) is 47.8 Å². The average Bonchev–Trinajstić information content (AvgIpc) is 2.96. The highest BCUT2D eigenvalue weighted by Gasteiger charge is 2.21. The number of aromatic nitrogens is 2. The highest BCUT2D eigenvalue weighted by atomic mass is 16.5. The fourth-order valence-corrected chi connectivity index (χ4v) is 3.16.